The molecule has 5 nitrogen and oxygen atoms in total. The smallest absolute Gasteiger partial charge is 0.152 e. The minimum absolute atomic E-state index is 0.0942. The number of ether oxygens (including phenoxy) is 2. The van der Waals surface area contributed by atoms with Gasteiger partial charge in [0, 0.05) is 35.3 Å². The molecule has 1 aliphatic rings. The molecule has 0 bridgehead atoms. The van der Waals surface area contributed by atoms with Gasteiger partial charge in [0.25, 0.3) is 0 Å². The lowest BCUT2D eigenvalue weighted by Crippen LogP contribution is -2.15. The second-order valence-corrected chi connectivity index (χ2v) is 7.26. The molecule has 1 fully saturated rings. The van der Waals surface area contributed by atoms with E-state index in [-0.39, 0.29) is 12.0 Å². The molecule has 4 rings (SSSR count). The summed E-state index contributed by atoms with van der Waals surface area (Å²) in [7, 11) is 0. The van der Waals surface area contributed by atoms with Gasteiger partial charge < -0.3 is 14.0 Å². The summed E-state index contributed by atoms with van der Waals surface area (Å²) < 4.78 is 13.7. The van der Waals surface area contributed by atoms with E-state index < -0.39 is 0 Å². The zero-order valence-electron chi connectivity index (χ0n) is 15.7. The van der Waals surface area contributed by atoms with Crippen LogP contribution in [-0.4, -0.2) is 35.2 Å². The van der Waals surface area contributed by atoms with Crippen LogP contribution in [0.3, 0.4) is 0 Å². The van der Waals surface area contributed by atoms with Gasteiger partial charge >= 0.3 is 0 Å². The van der Waals surface area contributed by atoms with E-state index in [0.29, 0.717) is 13.2 Å². The van der Waals surface area contributed by atoms with Crippen LogP contribution in [0.2, 0.25) is 0 Å². The number of carbonyl (C=O) groups is 1. The van der Waals surface area contributed by atoms with Gasteiger partial charge in [-0.1, -0.05) is 19.9 Å². The fourth-order valence-electron chi connectivity index (χ4n) is 3.82. The van der Waals surface area contributed by atoms with Crippen LogP contribution in [-0.2, 0) is 11.3 Å². The molecule has 0 saturated carbocycles. The Balaban J connectivity index is 1.82. The van der Waals surface area contributed by atoms with Gasteiger partial charge in [-0.2, -0.15) is 0 Å². The van der Waals surface area contributed by atoms with E-state index in [4.69, 9.17) is 9.47 Å². The van der Waals surface area contributed by atoms with Gasteiger partial charge in [-0.15, -0.1) is 0 Å². The lowest BCUT2D eigenvalue weighted by Gasteiger charge is -2.15. The van der Waals surface area contributed by atoms with E-state index in [2.05, 4.69) is 23.4 Å². The third kappa shape index (κ3) is 3.47. The van der Waals surface area contributed by atoms with Gasteiger partial charge in [0.1, 0.15) is 11.9 Å². The van der Waals surface area contributed by atoms with Crippen LogP contribution in [0.5, 0.6) is 5.75 Å². The zero-order valence-corrected chi connectivity index (χ0v) is 15.7. The van der Waals surface area contributed by atoms with Gasteiger partial charge in [0.15, 0.2) is 6.29 Å². The number of aromatic nitrogens is 2. The average Bonchev–Trinajstić information content (AvgIpc) is 3.28. The number of carbonyl (C=O) groups excluding carboxylic acids is 1. The number of fused-ring (bicyclic) bond motifs is 1. The van der Waals surface area contributed by atoms with Gasteiger partial charge in [-0.3, -0.25) is 9.78 Å². The van der Waals surface area contributed by atoms with Crippen molar-refractivity contribution >= 4 is 17.2 Å². The summed E-state index contributed by atoms with van der Waals surface area (Å²) >= 11 is 0. The van der Waals surface area contributed by atoms with E-state index in [0.717, 1.165) is 52.9 Å². The summed E-state index contributed by atoms with van der Waals surface area (Å²) in [6.07, 6.45) is 3.77. The number of benzene rings is 1. The molecular weight excluding hydrogens is 340 g/mol. The largest absolute Gasteiger partial charge is 0.488 e. The SMILES string of the molecule is CC(C)c1c(C=O)c2ccc(OC3CCOC3)cc2n1Cc1ccccn1. The predicted molar refractivity (Wildman–Crippen MR) is 105 cm³/mol. The molecule has 1 atom stereocenters. The van der Waals surface area contributed by atoms with Crippen LogP contribution >= 0.6 is 0 Å². The van der Waals surface area contributed by atoms with E-state index >= 15 is 0 Å². The van der Waals surface area contributed by atoms with Crippen molar-refractivity contribution in [2.75, 3.05) is 13.2 Å². The van der Waals surface area contributed by atoms with E-state index in [1.54, 1.807) is 6.20 Å². The summed E-state index contributed by atoms with van der Waals surface area (Å²) in [5, 5.41) is 0.958. The fourth-order valence-corrected chi connectivity index (χ4v) is 3.82. The highest BCUT2D eigenvalue weighted by Crippen LogP contribution is 2.33. The monoisotopic (exact) mass is 364 g/mol. The normalized spacial score (nSPS) is 16.9. The molecule has 1 unspecified atom stereocenters. The molecule has 27 heavy (non-hydrogen) atoms. The number of aldehydes is 1. The Morgan fingerprint density at radius 2 is 2.22 bits per heavy atom. The quantitative estimate of drug-likeness (QED) is 0.616. The Kier molecular flexibility index (Phi) is 4.94. The van der Waals surface area contributed by atoms with Crippen molar-refractivity contribution in [3.8, 4) is 5.75 Å². The number of hydrogen-bond donors (Lipinski definition) is 0. The maximum atomic E-state index is 11.9. The Labute approximate surface area is 158 Å². The fraction of sp³-hybridized carbons (Fsp3) is 0.364. The zero-order chi connectivity index (χ0) is 18.8. The van der Waals surface area contributed by atoms with Crippen molar-refractivity contribution in [3.63, 3.8) is 0 Å². The number of hydrogen-bond acceptors (Lipinski definition) is 4. The molecule has 0 radical (unpaired) electrons. The molecule has 0 aliphatic carbocycles. The predicted octanol–water partition coefficient (Wildman–Crippen LogP) is 4.19. The van der Waals surface area contributed by atoms with E-state index in [9.17, 15) is 4.79 Å². The first kappa shape index (κ1) is 17.7. The highest BCUT2D eigenvalue weighted by molar-refractivity contribution is 6.00. The van der Waals surface area contributed by atoms with E-state index in [1.807, 2.05) is 36.4 Å². The van der Waals surface area contributed by atoms with Crippen LogP contribution in [0, 0.1) is 0 Å². The van der Waals surface area contributed by atoms with Crippen LogP contribution in [0.15, 0.2) is 42.6 Å². The first-order chi connectivity index (χ1) is 13.2. The van der Waals surface area contributed by atoms with Crippen molar-refractivity contribution < 1.29 is 14.3 Å². The molecular formula is C22H24N2O3. The summed E-state index contributed by atoms with van der Waals surface area (Å²) in [6, 6.07) is 11.9. The van der Waals surface area contributed by atoms with Crippen molar-refractivity contribution in [3.05, 3.63) is 59.5 Å². The highest BCUT2D eigenvalue weighted by atomic mass is 16.5. The molecule has 1 saturated heterocycles. The van der Waals surface area contributed by atoms with Gasteiger partial charge in [0.05, 0.1) is 31.0 Å². The molecule has 0 N–H and O–H groups in total. The standard InChI is InChI=1S/C22H24N2O3/c1-15(2)22-20(13-25)19-7-6-17(27-18-8-10-26-14-18)11-21(19)24(22)12-16-5-3-4-9-23-16/h3-7,9,11,13,15,18H,8,10,12,14H2,1-2H3. The lowest BCUT2D eigenvalue weighted by molar-refractivity contribution is 0.112. The Hall–Kier alpha value is -2.66. The number of pyridine rings is 1. The average molecular weight is 364 g/mol. The third-order valence-corrected chi connectivity index (χ3v) is 5.02. The van der Waals surface area contributed by atoms with Crippen LogP contribution in [0.1, 0.15) is 47.9 Å². The summed E-state index contributed by atoms with van der Waals surface area (Å²) in [5.74, 6) is 1.03. The molecule has 1 aliphatic heterocycles. The number of rotatable bonds is 6. The molecule has 3 heterocycles. The second kappa shape index (κ2) is 7.53. The molecule has 0 amide bonds. The first-order valence-corrected chi connectivity index (χ1v) is 9.43. The maximum absolute atomic E-state index is 11.9. The lowest BCUT2D eigenvalue weighted by atomic mass is 10.0. The van der Waals surface area contributed by atoms with Crippen LogP contribution in [0.4, 0.5) is 0 Å². The maximum Gasteiger partial charge on any atom is 0.152 e. The minimum Gasteiger partial charge on any atom is -0.488 e. The van der Waals surface area contributed by atoms with Crippen LogP contribution < -0.4 is 4.74 Å². The Morgan fingerprint density at radius 3 is 2.89 bits per heavy atom. The summed E-state index contributed by atoms with van der Waals surface area (Å²) in [6.45, 7) is 6.22. The van der Waals surface area contributed by atoms with Crippen molar-refractivity contribution in [1.82, 2.24) is 9.55 Å². The van der Waals surface area contributed by atoms with Crippen molar-refractivity contribution in [2.24, 2.45) is 0 Å². The molecule has 1 aromatic carbocycles. The van der Waals surface area contributed by atoms with Gasteiger partial charge in [-0.05, 0) is 30.2 Å². The third-order valence-electron chi connectivity index (χ3n) is 5.02. The second-order valence-electron chi connectivity index (χ2n) is 7.26. The highest BCUT2D eigenvalue weighted by Gasteiger charge is 2.22. The minimum atomic E-state index is 0.0942. The molecule has 5 heteroatoms. The van der Waals surface area contributed by atoms with Gasteiger partial charge in [0.2, 0.25) is 0 Å². The van der Waals surface area contributed by atoms with Crippen molar-refractivity contribution in [1.29, 1.82) is 0 Å². The number of nitrogens with zero attached hydrogens (tertiary/aromatic N) is 2. The summed E-state index contributed by atoms with van der Waals surface area (Å²) in [5.41, 5.74) is 3.76. The molecule has 2 aromatic heterocycles. The molecule has 140 valence electrons. The van der Waals surface area contributed by atoms with Crippen LogP contribution in [0.25, 0.3) is 10.9 Å². The molecule has 0 spiro atoms. The Bertz CT molecular complexity index is 941. The Morgan fingerprint density at radius 1 is 1.33 bits per heavy atom. The molecule has 3 aromatic rings. The topological polar surface area (TPSA) is 53.4 Å². The first-order valence-electron chi connectivity index (χ1n) is 9.43. The van der Waals surface area contributed by atoms with E-state index in [1.165, 1.54) is 0 Å². The van der Waals surface area contributed by atoms with Gasteiger partial charge in [-0.25, -0.2) is 0 Å². The summed E-state index contributed by atoms with van der Waals surface area (Å²) in [4.78, 5) is 16.4. The van der Waals surface area contributed by atoms with Crippen molar-refractivity contribution in [2.45, 2.75) is 38.8 Å².